The predicted octanol–water partition coefficient (Wildman–Crippen LogP) is 4.89. The molecule has 2 aromatic carbocycles. The summed E-state index contributed by atoms with van der Waals surface area (Å²) in [6, 6.07) is 13.7. The maximum absolute atomic E-state index is 13.8. The molecular weight excluding hydrogens is 710 g/mol. The van der Waals surface area contributed by atoms with E-state index in [1.54, 1.807) is 17.5 Å². The fraction of sp³-hybridized carbons (Fsp3) is 0.276. The molecule has 3 aliphatic rings. The SMILES string of the molecule is O=C(CN(C(=O)c1ccc([N+](=O)[O-])cc1)N1C(=O)[C@@H]2[C@H]3C[C@@H]([C@H](Br)[C@@H]3Br)[C@@H]2C1=O)c1ccc(OC(=O)c2cccs2)cc1. The highest BCUT2D eigenvalue weighted by atomic mass is 79.9. The van der Waals surface area contributed by atoms with Crippen LogP contribution in [0.5, 0.6) is 5.75 Å². The largest absolute Gasteiger partial charge is 0.422 e. The van der Waals surface area contributed by atoms with Gasteiger partial charge in [-0.15, -0.1) is 11.3 Å². The second kappa shape index (κ2) is 11.4. The number of ether oxygens (including phenoxy) is 1. The number of nitro groups is 1. The number of nitro benzene ring substituents is 1. The van der Waals surface area contributed by atoms with E-state index in [-0.39, 0.29) is 44.1 Å². The van der Waals surface area contributed by atoms with Crippen LogP contribution in [0, 0.1) is 33.8 Å². The summed E-state index contributed by atoms with van der Waals surface area (Å²) in [6.45, 7) is -0.647. The quantitative estimate of drug-likeness (QED) is 0.0606. The predicted molar refractivity (Wildman–Crippen MR) is 160 cm³/mol. The topological polar surface area (TPSA) is 144 Å². The van der Waals surface area contributed by atoms with E-state index in [0.717, 1.165) is 22.2 Å². The van der Waals surface area contributed by atoms with Crippen LogP contribution in [-0.2, 0) is 9.59 Å². The van der Waals surface area contributed by atoms with Crippen molar-refractivity contribution in [2.45, 2.75) is 16.1 Å². The molecule has 0 spiro atoms. The summed E-state index contributed by atoms with van der Waals surface area (Å²) in [6.07, 6.45) is 0.686. The van der Waals surface area contributed by atoms with E-state index in [1.165, 1.54) is 47.7 Å². The Morgan fingerprint density at radius 2 is 1.51 bits per heavy atom. The van der Waals surface area contributed by atoms with Crippen molar-refractivity contribution in [3.63, 3.8) is 0 Å². The van der Waals surface area contributed by atoms with Crippen molar-refractivity contribution in [1.29, 1.82) is 0 Å². The van der Waals surface area contributed by atoms with Crippen molar-refractivity contribution in [2.75, 3.05) is 6.54 Å². The first kappa shape index (κ1) is 29.3. The van der Waals surface area contributed by atoms with Crippen LogP contribution >= 0.6 is 43.2 Å². The van der Waals surface area contributed by atoms with Gasteiger partial charge in [-0.3, -0.25) is 29.3 Å². The Balaban J connectivity index is 1.27. The van der Waals surface area contributed by atoms with Gasteiger partial charge < -0.3 is 4.74 Å². The van der Waals surface area contributed by atoms with Gasteiger partial charge in [-0.1, -0.05) is 37.9 Å². The van der Waals surface area contributed by atoms with Gasteiger partial charge in [0.2, 0.25) is 0 Å². The van der Waals surface area contributed by atoms with Crippen molar-refractivity contribution in [3.8, 4) is 5.75 Å². The Labute approximate surface area is 265 Å². The third kappa shape index (κ3) is 5.10. The molecule has 0 N–H and O–H groups in total. The zero-order valence-electron chi connectivity index (χ0n) is 22.0. The van der Waals surface area contributed by atoms with Crippen LogP contribution in [0.2, 0.25) is 0 Å². The number of nitrogens with zero attached hydrogens (tertiary/aromatic N) is 3. The molecular formula is C29H21Br2N3O8S. The molecule has 6 atom stereocenters. The molecule has 2 bridgehead atoms. The summed E-state index contributed by atoms with van der Waals surface area (Å²) in [5.41, 5.74) is -0.130. The van der Waals surface area contributed by atoms with Crippen LogP contribution in [0.4, 0.5) is 5.69 Å². The summed E-state index contributed by atoms with van der Waals surface area (Å²) in [4.78, 5) is 77.9. The molecule has 11 nitrogen and oxygen atoms in total. The molecule has 1 saturated heterocycles. The van der Waals surface area contributed by atoms with Crippen LogP contribution in [0.1, 0.15) is 36.8 Å². The molecule has 3 amide bonds. The minimum absolute atomic E-state index is 0.0247. The van der Waals surface area contributed by atoms with Gasteiger partial charge in [-0.2, -0.15) is 5.01 Å². The lowest BCUT2D eigenvalue weighted by Gasteiger charge is -2.30. The average molecular weight is 731 g/mol. The van der Waals surface area contributed by atoms with Crippen molar-refractivity contribution >= 4 is 78.4 Å². The fourth-order valence-corrected chi connectivity index (χ4v) is 8.64. The highest BCUT2D eigenvalue weighted by Crippen LogP contribution is 2.60. The Hall–Kier alpha value is -3.75. The van der Waals surface area contributed by atoms with Gasteiger partial charge in [0.1, 0.15) is 17.2 Å². The van der Waals surface area contributed by atoms with E-state index in [9.17, 15) is 34.1 Å². The van der Waals surface area contributed by atoms with Crippen LogP contribution < -0.4 is 4.74 Å². The highest BCUT2D eigenvalue weighted by molar-refractivity contribution is 9.12. The lowest BCUT2D eigenvalue weighted by atomic mass is 9.81. The summed E-state index contributed by atoms with van der Waals surface area (Å²) in [5, 5.41) is 14.5. The number of hydrazine groups is 1. The number of carbonyl (C=O) groups is 5. The third-order valence-electron chi connectivity index (χ3n) is 8.17. The molecule has 3 fully saturated rings. The Morgan fingerprint density at radius 3 is 2.05 bits per heavy atom. The number of thiophene rings is 1. The number of Topliss-reactive ketones (excluding diaryl/α,β-unsaturated/α-hetero) is 1. The van der Waals surface area contributed by atoms with E-state index < -0.39 is 52.8 Å². The number of rotatable bonds is 8. The van der Waals surface area contributed by atoms with Crippen LogP contribution in [0.3, 0.4) is 0 Å². The smallest absolute Gasteiger partial charge is 0.353 e. The first-order valence-corrected chi connectivity index (χ1v) is 15.9. The van der Waals surface area contributed by atoms with E-state index in [1.807, 2.05) is 0 Å². The number of halogens is 2. The van der Waals surface area contributed by atoms with Crippen molar-refractivity contribution in [3.05, 3.63) is 92.2 Å². The minimum Gasteiger partial charge on any atom is -0.422 e. The van der Waals surface area contributed by atoms with Crippen molar-refractivity contribution in [1.82, 2.24) is 10.0 Å². The number of amides is 3. The minimum atomic E-state index is -0.829. The lowest BCUT2D eigenvalue weighted by molar-refractivity contribution is -0.384. The standard InChI is InChI=1S/C29H21Br2N3O8S/c30-24-18-12-19(25(24)31)23-22(18)27(37)33(28(23)38)32(26(36)15-3-7-16(8-4-15)34(40)41)13-20(35)14-5-9-17(10-6-14)42-29(39)21-2-1-11-43-21/h1-11,18-19,22-25H,12-13H2/t18-,19-,22-,23+,24-,25+/m1/s1. The first-order chi connectivity index (χ1) is 20.6. The molecule has 1 aromatic heterocycles. The van der Waals surface area contributed by atoms with Gasteiger partial charge in [-0.25, -0.2) is 9.80 Å². The Bertz CT molecular complexity index is 1610. The first-order valence-electron chi connectivity index (χ1n) is 13.2. The van der Waals surface area contributed by atoms with E-state index in [4.69, 9.17) is 4.74 Å². The molecule has 14 heteroatoms. The van der Waals surface area contributed by atoms with Gasteiger partial charge in [0.05, 0.1) is 16.8 Å². The van der Waals surface area contributed by atoms with Gasteiger partial charge in [0.25, 0.3) is 23.4 Å². The molecule has 2 saturated carbocycles. The molecule has 2 heterocycles. The molecule has 43 heavy (non-hydrogen) atoms. The maximum atomic E-state index is 13.8. The van der Waals surface area contributed by atoms with Crippen molar-refractivity contribution in [2.24, 2.45) is 23.7 Å². The zero-order valence-corrected chi connectivity index (χ0v) is 26.0. The molecule has 3 aromatic rings. The maximum Gasteiger partial charge on any atom is 0.353 e. The number of ketones is 1. The van der Waals surface area contributed by atoms with Crippen LogP contribution in [0.15, 0.2) is 66.0 Å². The number of imide groups is 1. The molecule has 1 aliphatic heterocycles. The molecule has 0 unspecified atom stereocenters. The normalized spacial score (nSPS) is 25.5. The zero-order chi connectivity index (χ0) is 30.6. The van der Waals surface area contributed by atoms with E-state index in [2.05, 4.69) is 31.9 Å². The Morgan fingerprint density at radius 1 is 0.930 bits per heavy atom. The summed E-state index contributed by atoms with van der Waals surface area (Å²) in [7, 11) is 0. The monoisotopic (exact) mass is 729 g/mol. The number of hydrogen-bond acceptors (Lipinski definition) is 9. The van der Waals surface area contributed by atoms with Crippen LogP contribution in [0.25, 0.3) is 0 Å². The summed E-state index contributed by atoms with van der Waals surface area (Å²) in [5.74, 6) is -4.34. The molecule has 2 aliphatic carbocycles. The van der Waals surface area contributed by atoms with Gasteiger partial charge in [-0.05, 0) is 66.1 Å². The summed E-state index contributed by atoms with van der Waals surface area (Å²) >= 11 is 8.50. The highest BCUT2D eigenvalue weighted by Gasteiger charge is 2.67. The van der Waals surface area contributed by atoms with Crippen LogP contribution in [-0.4, -0.2) is 60.6 Å². The van der Waals surface area contributed by atoms with Crippen molar-refractivity contribution < 1.29 is 33.6 Å². The fourth-order valence-electron chi connectivity index (χ4n) is 6.17. The number of alkyl halides is 2. The Kier molecular flexibility index (Phi) is 7.77. The number of hydrogen-bond donors (Lipinski definition) is 0. The number of fused-ring (bicyclic) bond motifs is 5. The lowest BCUT2D eigenvalue weighted by Crippen LogP contribution is -2.52. The number of non-ortho nitro benzene ring substituents is 1. The van der Waals surface area contributed by atoms with E-state index >= 15 is 0 Å². The molecule has 6 rings (SSSR count). The average Bonchev–Trinajstić information content (AvgIpc) is 3.78. The molecule has 220 valence electrons. The number of carbonyl (C=O) groups excluding carboxylic acids is 5. The van der Waals surface area contributed by atoms with Gasteiger partial charge >= 0.3 is 5.97 Å². The second-order valence-corrected chi connectivity index (χ2v) is 13.5. The second-order valence-electron chi connectivity index (χ2n) is 10.5. The van der Waals surface area contributed by atoms with E-state index in [0.29, 0.717) is 11.3 Å². The van der Waals surface area contributed by atoms with Gasteiger partial charge in [0.15, 0.2) is 5.78 Å². The van der Waals surface area contributed by atoms with Gasteiger partial charge in [0, 0.05) is 32.9 Å². The number of benzene rings is 2. The number of esters is 1. The third-order valence-corrected chi connectivity index (χ3v) is 12.2. The summed E-state index contributed by atoms with van der Waals surface area (Å²) < 4.78 is 5.33. The molecule has 0 radical (unpaired) electrons.